The van der Waals surface area contributed by atoms with E-state index < -0.39 is 6.61 Å². The molecule has 0 radical (unpaired) electrons. The monoisotopic (exact) mass is 377 g/mol. The van der Waals surface area contributed by atoms with Gasteiger partial charge >= 0.3 is 6.61 Å². The zero-order valence-electron chi connectivity index (χ0n) is 15.8. The topological polar surface area (TPSA) is 53.5 Å². The molecule has 3 rings (SSSR count). The molecule has 1 atom stereocenters. The number of hydrogen-bond donors (Lipinski definition) is 1. The number of anilines is 2. The second kappa shape index (κ2) is 8.47. The van der Waals surface area contributed by atoms with Crippen LogP contribution in [0.4, 0.5) is 20.4 Å². The molecule has 0 saturated carbocycles. The van der Waals surface area contributed by atoms with Crippen molar-refractivity contribution in [2.45, 2.75) is 32.5 Å². The van der Waals surface area contributed by atoms with Gasteiger partial charge in [0.1, 0.15) is 5.75 Å². The molecule has 1 fully saturated rings. The van der Waals surface area contributed by atoms with E-state index in [2.05, 4.69) is 24.9 Å². The summed E-state index contributed by atoms with van der Waals surface area (Å²) < 4.78 is 29.9. The van der Waals surface area contributed by atoms with E-state index in [0.717, 1.165) is 30.9 Å². The minimum Gasteiger partial charge on any atom is -0.433 e. The number of ether oxygens (including phenoxy) is 1. The average molecular weight is 377 g/mol. The normalized spacial score (nSPS) is 16.8. The maximum absolute atomic E-state index is 12.6. The Hall–Kier alpha value is -2.48. The van der Waals surface area contributed by atoms with E-state index in [1.54, 1.807) is 12.1 Å². The Balaban J connectivity index is 1.61. The molecule has 1 aromatic carbocycles. The third-order valence-corrected chi connectivity index (χ3v) is 4.48. The molecule has 6 nitrogen and oxygen atoms in total. The zero-order valence-corrected chi connectivity index (χ0v) is 15.8. The summed E-state index contributed by atoms with van der Waals surface area (Å²) >= 11 is 0. The highest BCUT2D eigenvalue weighted by molar-refractivity contribution is 5.59. The first kappa shape index (κ1) is 19.3. The van der Waals surface area contributed by atoms with E-state index in [9.17, 15) is 8.78 Å². The molecule has 27 heavy (non-hydrogen) atoms. The molecule has 0 bridgehead atoms. The molecule has 0 spiro atoms. The van der Waals surface area contributed by atoms with Gasteiger partial charge in [-0.05, 0) is 31.5 Å². The second-order valence-corrected chi connectivity index (χ2v) is 6.85. The number of nitrogens with zero attached hydrogens (tertiary/aromatic N) is 4. The van der Waals surface area contributed by atoms with Crippen molar-refractivity contribution >= 4 is 11.6 Å². The highest BCUT2D eigenvalue weighted by Gasteiger charge is 2.25. The van der Waals surface area contributed by atoms with Gasteiger partial charge in [-0.25, -0.2) is 9.97 Å². The van der Waals surface area contributed by atoms with Crippen molar-refractivity contribution in [2.75, 3.05) is 37.0 Å². The van der Waals surface area contributed by atoms with E-state index in [0.29, 0.717) is 18.2 Å². The largest absolute Gasteiger partial charge is 0.433 e. The van der Waals surface area contributed by atoms with Crippen molar-refractivity contribution in [3.05, 3.63) is 41.7 Å². The molecule has 2 aromatic rings. The van der Waals surface area contributed by atoms with Gasteiger partial charge in [0.25, 0.3) is 0 Å². The quantitative estimate of drug-likeness (QED) is 0.801. The summed E-state index contributed by atoms with van der Waals surface area (Å²) in [5.74, 6) is 0.910. The Bertz CT molecular complexity index is 772. The third-order valence-electron chi connectivity index (χ3n) is 4.48. The molecule has 0 unspecified atom stereocenters. The van der Waals surface area contributed by atoms with Crippen LogP contribution in [0.3, 0.4) is 0 Å². The Morgan fingerprint density at radius 3 is 2.81 bits per heavy atom. The summed E-state index contributed by atoms with van der Waals surface area (Å²) in [5.41, 5.74) is 2.57. The first-order chi connectivity index (χ1) is 12.9. The maximum atomic E-state index is 12.6. The third kappa shape index (κ3) is 5.03. The lowest BCUT2D eigenvalue weighted by atomic mass is 10.2. The van der Waals surface area contributed by atoms with Crippen LogP contribution in [0.25, 0.3) is 0 Å². The smallest absolute Gasteiger partial charge is 0.387 e. The van der Waals surface area contributed by atoms with Crippen LogP contribution in [0.15, 0.2) is 30.3 Å². The number of benzene rings is 1. The van der Waals surface area contributed by atoms with Crippen LogP contribution in [-0.2, 0) is 6.54 Å². The van der Waals surface area contributed by atoms with Gasteiger partial charge in [-0.15, -0.1) is 0 Å². The van der Waals surface area contributed by atoms with Crippen LogP contribution in [0, 0.1) is 6.92 Å². The number of nitrogens with one attached hydrogen (secondary N) is 1. The molecule has 0 amide bonds. The molecule has 1 aliphatic rings. The van der Waals surface area contributed by atoms with Crippen LogP contribution in [-0.4, -0.2) is 49.8 Å². The Morgan fingerprint density at radius 1 is 1.30 bits per heavy atom. The number of rotatable bonds is 7. The maximum Gasteiger partial charge on any atom is 0.387 e. The first-order valence-corrected chi connectivity index (χ1v) is 8.96. The van der Waals surface area contributed by atoms with Gasteiger partial charge in [0.15, 0.2) is 0 Å². The van der Waals surface area contributed by atoms with Gasteiger partial charge < -0.3 is 19.9 Å². The number of halogens is 2. The number of aryl methyl sites for hydroxylation is 1. The number of para-hydroxylation sites is 2. The van der Waals surface area contributed by atoms with E-state index in [1.165, 1.54) is 0 Å². The fourth-order valence-electron chi connectivity index (χ4n) is 3.22. The lowest BCUT2D eigenvalue weighted by molar-refractivity contribution is -0.0495. The average Bonchev–Trinajstić information content (AvgIpc) is 3.08. The first-order valence-electron chi connectivity index (χ1n) is 8.96. The van der Waals surface area contributed by atoms with Gasteiger partial charge in [0.2, 0.25) is 5.95 Å². The van der Waals surface area contributed by atoms with Gasteiger partial charge in [-0.2, -0.15) is 8.78 Å². The molecule has 1 N–H and O–H groups in total. The highest BCUT2D eigenvalue weighted by atomic mass is 19.3. The lowest BCUT2D eigenvalue weighted by Gasteiger charge is -2.22. The van der Waals surface area contributed by atoms with Crippen LogP contribution < -0.4 is 19.9 Å². The molecule has 2 heterocycles. The van der Waals surface area contributed by atoms with E-state index in [4.69, 9.17) is 0 Å². The summed E-state index contributed by atoms with van der Waals surface area (Å²) in [6.45, 7) is 1.28. The van der Waals surface area contributed by atoms with Crippen LogP contribution in [0.5, 0.6) is 5.75 Å². The van der Waals surface area contributed by atoms with Gasteiger partial charge in [0.05, 0.1) is 11.4 Å². The summed E-state index contributed by atoms with van der Waals surface area (Å²) in [5, 5.41) is 3.51. The predicted molar refractivity (Wildman–Crippen MR) is 102 cm³/mol. The standard InChI is InChI=1S/C19H25F2N5O/c1-13-10-15(24-19(23-13)25(2)3)11-22-14-8-9-26(12-14)16-6-4-5-7-17(16)27-18(20)21/h4-7,10,14,18,22H,8-9,11-12H2,1-3H3/t14-/m1/s1. The van der Waals surface area contributed by atoms with Crippen LogP contribution >= 0.6 is 0 Å². The summed E-state index contributed by atoms with van der Waals surface area (Å²) in [6.07, 6.45) is 0.924. The van der Waals surface area contributed by atoms with Crippen molar-refractivity contribution < 1.29 is 13.5 Å². The van der Waals surface area contributed by atoms with Crippen molar-refractivity contribution in [1.29, 1.82) is 0 Å². The van der Waals surface area contributed by atoms with Crippen molar-refractivity contribution in [2.24, 2.45) is 0 Å². The molecule has 146 valence electrons. The molecule has 8 heteroatoms. The molecule has 1 aromatic heterocycles. The van der Waals surface area contributed by atoms with Crippen LogP contribution in [0.2, 0.25) is 0 Å². The number of alkyl halides is 2. The van der Waals surface area contributed by atoms with Gasteiger partial charge in [0, 0.05) is 45.5 Å². The van der Waals surface area contributed by atoms with Crippen LogP contribution in [0.1, 0.15) is 17.8 Å². The summed E-state index contributed by atoms with van der Waals surface area (Å²) in [6, 6.07) is 9.15. The van der Waals surface area contributed by atoms with Crippen molar-refractivity contribution in [3.63, 3.8) is 0 Å². The molecular weight excluding hydrogens is 352 g/mol. The summed E-state index contributed by atoms with van der Waals surface area (Å²) in [7, 11) is 3.83. The number of hydrogen-bond acceptors (Lipinski definition) is 6. The zero-order chi connectivity index (χ0) is 19.4. The SMILES string of the molecule is Cc1cc(CN[C@@H]2CCN(c3ccccc3OC(F)F)C2)nc(N(C)C)n1. The molecule has 1 aliphatic heterocycles. The Morgan fingerprint density at radius 2 is 2.07 bits per heavy atom. The van der Waals surface area contributed by atoms with Gasteiger partial charge in [-0.3, -0.25) is 0 Å². The molecule has 1 saturated heterocycles. The lowest BCUT2D eigenvalue weighted by Crippen LogP contribution is -2.32. The van der Waals surface area contributed by atoms with E-state index in [-0.39, 0.29) is 11.8 Å². The van der Waals surface area contributed by atoms with Gasteiger partial charge in [-0.1, -0.05) is 12.1 Å². The van der Waals surface area contributed by atoms with E-state index in [1.807, 2.05) is 44.1 Å². The summed E-state index contributed by atoms with van der Waals surface area (Å²) in [4.78, 5) is 12.9. The Kier molecular flexibility index (Phi) is 6.05. The Labute approximate surface area is 158 Å². The number of aromatic nitrogens is 2. The second-order valence-electron chi connectivity index (χ2n) is 6.85. The highest BCUT2D eigenvalue weighted by Crippen LogP contribution is 2.31. The van der Waals surface area contributed by atoms with Crippen molar-refractivity contribution in [1.82, 2.24) is 15.3 Å². The molecular formula is C19H25F2N5O. The molecule has 0 aliphatic carbocycles. The fraction of sp³-hybridized carbons (Fsp3) is 0.474. The minimum absolute atomic E-state index is 0.218. The van der Waals surface area contributed by atoms with Crippen molar-refractivity contribution in [3.8, 4) is 5.75 Å². The fourth-order valence-corrected chi connectivity index (χ4v) is 3.22. The predicted octanol–water partition coefficient (Wildman–Crippen LogP) is 2.82. The van der Waals surface area contributed by atoms with E-state index >= 15 is 0 Å². The minimum atomic E-state index is -2.82.